The summed E-state index contributed by atoms with van der Waals surface area (Å²) in [7, 11) is 2.19. The molecule has 0 aromatic heterocycles. The van der Waals surface area contributed by atoms with Gasteiger partial charge in [0.15, 0.2) is 0 Å². The Morgan fingerprint density at radius 2 is 2.00 bits per heavy atom. The van der Waals surface area contributed by atoms with Crippen LogP contribution in [-0.2, 0) is 6.42 Å². The molecule has 0 saturated heterocycles. The lowest BCUT2D eigenvalue weighted by Crippen LogP contribution is -2.37. The molecule has 2 N–H and O–H groups in total. The third-order valence-corrected chi connectivity index (χ3v) is 3.71. The normalized spacial score (nSPS) is 24.9. The molecular formula is C15H24N2. The van der Waals surface area contributed by atoms with Crippen LogP contribution in [0.3, 0.4) is 0 Å². The van der Waals surface area contributed by atoms with Crippen LogP contribution in [-0.4, -0.2) is 31.1 Å². The smallest absolute Gasteiger partial charge is 0.0208 e. The Kier molecular flexibility index (Phi) is 4.19. The number of hydrogen-bond acceptors (Lipinski definition) is 2. The molecule has 2 nitrogen and oxygen atoms in total. The van der Waals surface area contributed by atoms with Gasteiger partial charge in [-0.2, -0.15) is 0 Å². The largest absolute Gasteiger partial charge is 0.326 e. The summed E-state index contributed by atoms with van der Waals surface area (Å²) in [5, 5.41) is 0. The summed E-state index contributed by atoms with van der Waals surface area (Å²) in [5.74, 6) is 1.85. The molecule has 0 amide bonds. The summed E-state index contributed by atoms with van der Waals surface area (Å²) in [6, 6.07) is 10.8. The lowest BCUT2D eigenvalue weighted by molar-refractivity contribution is 0.293. The fraction of sp³-hybridized carbons (Fsp3) is 0.600. The zero-order chi connectivity index (χ0) is 12.3. The first-order chi connectivity index (χ1) is 8.15. The number of nitrogens with two attached hydrogens (primary N) is 1. The highest BCUT2D eigenvalue weighted by Crippen LogP contribution is 2.37. The van der Waals surface area contributed by atoms with Crippen molar-refractivity contribution in [2.24, 2.45) is 17.6 Å². The van der Waals surface area contributed by atoms with Gasteiger partial charge in [0.05, 0.1) is 0 Å². The molecule has 0 aliphatic heterocycles. The van der Waals surface area contributed by atoms with Gasteiger partial charge >= 0.3 is 0 Å². The second-order valence-electron chi connectivity index (χ2n) is 5.64. The van der Waals surface area contributed by atoms with Crippen LogP contribution in [0.2, 0.25) is 0 Å². The van der Waals surface area contributed by atoms with Crippen molar-refractivity contribution in [1.82, 2.24) is 4.90 Å². The van der Waals surface area contributed by atoms with Gasteiger partial charge in [0.25, 0.3) is 0 Å². The molecule has 0 radical (unpaired) electrons. The van der Waals surface area contributed by atoms with Crippen LogP contribution in [0.5, 0.6) is 0 Å². The van der Waals surface area contributed by atoms with E-state index in [9.17, 15) is 0 Å². The molecule has 1 fully saturated rings. The van der Waals surface area contributed by atoms with Crippen LogP contribution in [0.1, 0.15) is 18.9 Å². The molecule has 1 saturated carbocycles. The fourth-order valence-electron chi connectivity index (χ4n) is 2.51. The van der Waals surface area contributed by atoms with E-state index >= 15 is 0 Å². The van der Waals surface area contributed by atoms with E-state index in [1.807, 2.05) is 0 Å². The maximum atomic E-state index is 6.20. The van der Waals surface area contributed by atoms with Gasteiger partial charge in [0.1, 0.15) is 0 Å². The molecule has 3 unspecified atom stereocenters. The van der Waals surface area contributed by atoms with Crippen molar-refractivity contribution in [3.63, 3.8) is 0 Å². The third-order valence-electron chi connectivity index (χ3n) is 3.71. The Labute approximate surface area is 105 Å². The highest BCUT2D eigenvalue weighted by molar-refractivity contribution is 5.15. The predicted octanol–water partition coefficient (Wildman–Crippen LogP) is 2.14. The predicted molar refractivity (Wildman–Crippen MR) is 72.9 cm³/mol. The van der Waals surface area contributed by atoms with E-state index in [4.69, 9.17) is 5.73 Å². The van der Waals surface area contributed by atoms with Crippen LogP contribution in [0.25, 0.3) is 0 Å². The third kappa shape index (κ3) is 4.14. The molecule has 0 heterocycles. The maximum absolute atomic E-state index is 6.20. The number of rotatable bonds is 6. The zero-order valence-electron chi connectivity index (χ0n) is 11.0. The topological polar surface area (TPSA) is 29.3 Å². The molecule has 1 aliphatic carbocycles. The van der Waals surface area contributed by atoms with Crippen molar-refractivity contribution < 1.29 is 0 Å². The van der Waals surface area contributed by atoms with Crippen molar-refractivity contribution in [2.75, 3.05) is 20.1 Å². The summed E-state index contributed by atoms with van der Waals surface area (Å²) >= 11 is 0. The molecule has 1 aromatic rings. The van der Waals surface area contributed by atoms with E-state index in [-0.39, 0.29) is 6.04 Å². The van der Waals surface area contributed by atoms with Crippen molar-refractivity contribution >= 4 is 0 Å². The van der Waals surface area contributed by atoms with E-state index in [1.165, 1.54) is 18.5 Å². The molecule has 94 valence electrons. The average molecular weight is 232 g/mol. The first-order valence-corrected chi connectivity index (χ1v) is 6.63. The van der Waals surface area contributed by atoms with Crippen molar-refractivity contribution in [1.29, 1.82) is 0 Å². The van der Waals surface area contributed by atoms with Crippen LogP contribution in [0.15, 0.2) is 30.3 Å². The number of hydrogen-bond donors (Lipinski definition) is 1. The molecule has 2 heteroatoms. The van der Waals surface area contributed by atoms with E-state index in [2.05, 4.69) is 49.2 Å². The van der Waals surface area contributed by atoms with Crippen molar-refractivity contribution in [3.05, 3.63) is 35.9 Å². The highest BCUT2D eigenvalue weighted by atomic mass is 15.1. The lowest BCUT2D eigenvalue weighted by atomic mass is 10.1. The van der Waals surface area contributed by atoms with Crippen molar-refractivity contribution in [3.8, 4) is 0 Å². The molecule has 1 aromatic carbocycles. The second-order valence-corrected chi connectivity index (χ2v) is 5.64. The SMILES string of the molecule is CC1CC1CN(C)CC(N)Cc1ccccc1. The number of nitrogens with zero attached hydrogens (tertiary/aromatic N) is 1. The van der Waals surface area contributed by atoms with Gasteiger partial charge in [-0.3, -0.25) is 0 Å². The Bertz CT molecular complexity index is 336. The fourth-order valence-corrected chi connectivity index (χ4v) is 2.51. The minimum Gasteiger partial charge on any atom is -0.326 e. The summed E-state index contributed by atoms with van der Waals surface area (Å²) in [6.45, 7) is 4.55. The minimum atomic E-state index is 0.247. The van der Waals surface area contributed by atoms with Gasteiger partial charge in [0.2, 0.25) is 0 Å². The van der Waals surface area contributed by atoms with E-state index < -0.39 is 0 Å². The molecule has 0 spiro atoms. The molecule has 0 bridgehead atoms. The van der Waals surface area contributed by atoms with E-state index in [0.29, 0.717) is 0 Å². The summed E-state index contributed by atoms with van der Waals surface area (Å²) in [5.41, 5.74) is 7.54. The van der Waals surface area contributed by atoms with Crippen molar-refractivity contribution in [2.45, 2.75) is 25.8 Å². The van der Waals surface area contributed by atoms with Crippen LogP contribution in [0.4, 0.5) is 0 Å². The Hall–Kier alpha value is -0.860. The number of benzene rings is 1. The van der Waals surface area contributed by atoms with E-state index in [1.54, 1.807) is 0 Å². The molecule has 2 rings (SSSR count). The Balaban J connectivity index is 1.71. The number of likely N-dealkylation sites (N-methyl/N-ethyl adjacent to an activating group) is 1. The molecular weight excluding hydrogens is 208 g/mol. The average Bonchev–Trinajstić information content (AvgIpc) is 2.94. The Morgan fingerprint density at radius 1 is 1.35 bits per heavy atom. The van der Waals surface area contributed by atoms with Gasteiger partial charge in [-0.15, -0.1) is 0 Å². The molecule has 1 aliphatic rings. The van der Waals surface area contributed by atoms with Crippen LogP contribution in [0, 0.1) is 11.8 Å². The van der Waals surface area contributed by atoms with Gasteiger partial charge in [-0.1, -0.05) is 37.3 Å². The van der Waals surface area contributed by atoms with Gasteiger partial charge < -0.3 is 10.6 Å². The van der Waals surface area contributed by atoms with Gasteiger partial charge in [-0.05, 0) is 37.3 Å². The van der Waals surface area contributed by atoms with Crippen LogP contribution >= 0.6 is 0 Å². The standard InChI is InChI=1S/C15H24N2/c1-12-8-14(12)10-17(2)11-15(16)9-13-6-4-3-5-7-13/h3-7,12,14-15H,8-11,16H2,1-2H3. The molecule has 17 heavy (non-hydrogen) atoms. The second kappa shape index (κ2) is 5.65. The van der Waals surface area contributed by atoms with E-state index in [0.717, 1.165) is 24.8 Å². The minimum absolute atomic E-state index is 0.247. The summed E-state index contributed by atoms with van der Waals surface area (Å²) in [6.07, 6.45) is 2.38. The first kappa shape index (κ1) is 12.6. The lowest BCUT2D eigenvalue weighted by Gasteiger charge is -2.21. The van der Waals surface area contributed by atoms with Crippen LogP contribution < -0.4 is 5.73 Å². The zero-order valence-corrected chi connectivity index (χ0v) is 11.0. The quantitative estimate of drug-likeness (QED) is 0.814. The monoisotopic (exact) mass is 232 g/mol. The maximum Gasteiger partial charge on any atom is 0.0208 e. The van der Waals surface area contributed by atoms with Gasteiger partial charge in [-0.25, -0.2) is 0 Å². The first-order valence-electron chi connectivity index (χ1n) is 6.63. The summed E-state index contributed by atoms with van der Waals surface area (Å²) in [4.78, 5) is 2.39. The summed E-state index contributed by atoms with van der Waals surface area (Å²) < 4.78 is 0. The van der Waals surface area contributed by atoms with Gasteiger partial charge in [0, 0.05) is 19.1 Å². The highest BCUT2D eigenvalue weighted by Gasteiger charge is 2.33. The Morgan fingerprint density at radius 3 is 2.59 bits per heavy atom. The molecule has 3 atom stereocenters.